The van der Waals surface area contributed by atoms with E-state index in [-0.39, 0.29) is 0 Å². The summed E-state index contributed by atoms with van der Waals surface area (Å²) in [6.07, 6.45) is 0.108. The molecule has 140 valence electrons. The highest BCUT2D eigenvalue weighted by atomic mass is 19.4. The van der Waals surface area contributed by atoms with E-state index in [0.29, 0.717) is 24.6 Å². The fraction of sp³-hybridized carbons (Fsp3) is 0.333. The first kappa shape index (κ1) is 16.5. The van der Waals surface area contributed by atoms with Gasteiger partial charge in [0.2, 0.25) is 0 Å². The average Bonchev–Trinajstić information content (AvgIpc) is 3.13. The van der Waals surface area contributed by atoms with Crippen LogP contribution in [0.5, 0.6) is 5.75 Å². The van der Waals surface area contributed by atoms with Crippen LogP contribution in [0.2, 0.25) is 0 Å². The zero-order valence-electron chi connectivity index (χ0n) is 14.7. The molecule has 0 radical (unpaired) electrons. The van der Waals surface area contributed by atoms with Crippen molar-refractivity contribution in [1.29, 1.82) is 0 Å². The Kier molecular flexibility index (Phi) is 3.64. The highest BCUT2D eigenvalue weighted by Crippen LogP contribution is 2.47. The second-order valence-electron chi connectivity index (χ2n) is 7.18. The Labute approximate surface area is 155 Å². The maximum Gasteiger partial charge on any atom is 0.416 e. The van der Waals surface area contributed by atoms with Crippen LogP contribution in [0, 0.1) is 0 Å². The zero-order chi connectivity index (χ0) is 18.6. The lowest BCUT2D eigenvalue weighted by atomic mass is 9.98. The van der Waals surface area contributed by atoms with E-state index in [0.717, 1.165) is 36.0 Å². The lowest BCUT2D eigenvalue weighted by Gasteiger charge is -2.35. The van der Waals surface area contributed by atoms with Gasteiger partial charge in [-0.1, -0.05) is 18.2 Å². The second-order valence-corrected chi connectivity index (χ2v) is 7.18. The minimum absolute atomic E-state index is 0.352. The van der Waals surface area contributed by atoms with Crippen molar-refractivity contribution in [3.8, 4) is 5.75 Å². The molecule has 3 aliphatic heterocycles. The van der Waals surface area contributed by atoms with Crippen LogP contribution in [0.3, 0.4) is 0 Å². The van der Waals surface area contributed by atoms with Crippen LogP contribution < -0.4 is 9.64 Å². The molecule has 0 saturated carbocycles. The van der Waals surface area contributed by atoms with Crippen LogP contribution in [0.15, 0.2) is 42.5 Å². The predicted octanol–water partition coefficient (Wildman–Crippen LogP) is 5.19. The maximum absolute atomic E-state index is 13.3. The molecule has 0 unspecified atom stereocenters. The molecule has 0 aliphatic carbocycles. The molecule has 1 saturated heterocycles. The summed E-state index contributed by atoms with van der Waals surface area (Å²) >= 11 is 0. The molecule has 0 spiro atoms. The number of hydrogen-bond acceptors (Lipinski definition) is 3. The second kappa shape index (κ2) is 5.94. The minimum atomic E-state index is -4.38. The molecule has 2 aromatic rings. The monoisotopic (exact) mass is 372 g/mol. The summed E-state index contributed by atoms with van der Waals surface area (Å²) in [6.45, 7) is 2.94. The summed E-state index contributed by atoms with van der Waals surface area (Å²) in [5, 5.41) is 0. The van der Waals surface area contributed by atoms with Gasteiger partial charge in [-0.15, -0.1) is 0 Å². The Bertz CT molecular complexity index is 930. The Morgan fingerprint density at radius 2 is 1.81 bits per heavy atom. The summed E-state index contributed by atoms with van der Waals surface area (Å²) in [4.78, 5) is 4.34. The number of rotatable bonds is 1. The van der Waals surface area contributed by atoms with Crippen LogP contribution in [0.25, 0.3) is 5.70 Å². The van der Waals surface area contributed by atoms with Crippen molar-refractivity contribution in [2.75, 3.05) is 24.5 Å². The third-order valence-electron chi connectivity index (χ3n) is 5.54. The topological polar surface area (TPSA) is 15.7 Å². The molecule has 0 bridgehead atoms. The summed E-state index contributed by atoms with van der Waals surface area (Å²) in [5.74, 6) is 0.489. The van der Waals surface area contributed by atoms with Gasteiger partial charge in [0.15, 0.2) is 0 Å². The highest BCUT2D eigenvalue weighted by molar-refractivity contribution is 5.87. The molecule has 3 aliphatic rings. The molecule has 6 heteroatoms. The number of benzene rings is 2. The fourth-order valence-corrected chi connectivity index (χ4v) is 4.27. The average molecular weight is 372 g/mol. The van der Waals surface area contributed by atoms with Gasteiger partial charge in [-0.25, -0.2) is 0 Å². The molecule has 5 rings (SSSR count). The van der Waals surface area contributed by atoms with Crippen LogP contribution in [-0.4, -0.2) is 24.5 Å². The van der Waals surface area contributed by atoms with E-state index in [1.165, 1.54) is 30.7 Å². The van der Waals surface area contributed by atoms with Crippen LogP contribution >= 0.6 is 0 Å². The van der Waals surface area contributed by atoms with Crippen molar-refractivity contribution in [2.24, 2.45) is 0 Å². The number of likely N-dealkylation sites (tertiary alicyclic amines) is 1. The first-order chi connectivity index (χ1) is 13.0. The van der Waals surface area contributed by atoms with Gasteiger partial charge in [-0.3, -0.25) is 0 Å². The van der Waals surface area contributed by atoms with Gasteiger partial charge in [-0.05, 0) is 37.1 Å². The van der Waals surface area contributed by atoms with Gasteiger partial charge in [0.1, 0.15) is 12.4 Å². The van der Waals surface area contributed by atoms with Gasteiger partial charge in [0, 0.05) is 36.5 Å². The minimum Gasteiger partial charge on any atom is -0.487 e. The predicted molar refractivity (Wildman–Crippen MR) is 98.0 cm³/mol. The van der Waals surface area contributed by atoms with Crippen molar-refractivity contribution < 1.29 is 17.9 Å². The molecule has 0 amide bonds. The smallest absolute Gasteiger partial charge is 0.416 e. The molecule has 2 aromatic carbocycles. The van der Waals surface area contributed by atoms with E-state index in [9.17, 15) is 13.2 Å². The van der Waals surface area contributed by atoms with Crippen molar-refractivity contribution in [3.63, 3.8) is 0 Å². The Morgan fingerprint density at radius 1 is 1.00 bits per heavy atom. The lowest BCUT2D eigenvalue weighted by molar-refractivity contribution is -0.137. The van der Waals surface area contributed by atoms with Gasteiger partial charge < -0.3 is 14.5 Å². The van der Waals surface area contributed by atoms with E-state index < -0.39 is 11.7 Å². The normalized spacial score (nSPS) is 18.4. The Balaban J connectivity index is 1.66. The molecular formula is C21H19F3N2O. The molecule has 1 fully saturated rings. The van der Waals surface area contributed by atoms with Crippen LogP contribution in [-0.2, 0) is 12.8 Å². The van der Waals surface area contributed by atoms with Gasteiger partial charge in [-0.2, -0.15) is 13.2 Å². The SMILES string of the molecule is FC(F)(F)c1ccc2c(c1)N1CC=C(N3CCCC3)c3cccc(c31)CO2. The molecule has 0 N–H and O–H groups in total. The van der Waals surface area contributed by atoms with Gasteiger partial charge in [0.05, 0.1) is 16.9 Å². The molecular weight excluding hydrogens is 353 g/mol. The van der Waals surface area contributed by atoms with E-state index in [1.54, 1.807) is 0 Å². The fourth-order valence-electron chi connectivity index (χ4n) is 4.27. The van der Waals surface area contributed by atoms with Gasteiger partial charge >= 0.3 is 6.18 Å². The molecule has 0 aromatic heterocycles. The molecule has 0 atom stereocenters. The first-order valence-electron chi connectivity index (χ1n) is 9.21. The summed E-state index contributed by atoms with van der Waals surface area (Å²) in [7, 11) is 0. The van der Waals surface area contributed by atoms with Crippen LogP contribution in [0.1, 0.15) is 29.5 Å². The van der Waals surface area contributed by atoms with E-state index in [4.69, 9.17) is 4.74 Å². The van der Waals surface area contributed by atoms with Crippen molar-refractivity contribution in [3.05, 3.63) is 59.2 Å². The number of fused-ring (bicyclic) bond motifs is 2. The third kappa shape index (κ3) is 2.66. The lowest BCUT2D eigenvalue weighted by Crippen LogP contribution is -2.28. The third-order valence-corrected chi connectivity index (χ3v) is 5.54. The largest absolute Gasteiger partial charge is 0.487 e. The molecule has 3 heterocycles. The molecule has 3 nitrogen and oxygen atoms in total. The standard InChI is InChI=1S/C21H19F3N2O/c22-21(23,24)15-6-7-19-18(12-15)26-11-8-17(25-9-1-2-10-25)16-5-3-4-14(13-27-19)20(16)26/h3-8,12H,1-2,9-11,13H2. The first-order valence-corrected chi connectivity index (χ1v) is 9.21. The summed E-state index contributed by atoms with van der Waals surface area (Å²) < 4.78 is 45.7. The van der Waals surface area contributed by atoms with Gasteiger partial charge in [0.25, 0.3) is 0 Å². The number of anilines is 2. The highest BCUT2D eigenvalue weighted by Gasteiger charge is 2.35. The molecule has 27 heavy (non-hydrogen) atoms. The maximum atomic E-state index is 13.3. The van der Waals surface area contributed by atoms with Crippen molar-refractivity contribution in [2.45, 2.75) is 25.6 Å². The number of hydrogen-bond donors (Lipinski definition) is 0. The zero-order valence-corrected chi connectivity index (χ0v) is 14.7. The van der Waals surface area contributed by atoms with E-state index in [2.05, 4.69) is 17.0 Å². The number of alkyl halides is 3. The van der Waals surface area contributed by atoms with E-state index >= 15 is 0 Å². The van der Waals surface area contributed by atoms with E-state index in [1.807, 2.05) is 17.0 Å². The van der Waals surface area contributed by atoms with Crippen molar-refractivity contribution >= 4 is 17.1 Å². The van der Waals surface area contributed by atoms with Crippen LogP contribution in [0.4, 0.5) is 24.5 Å². The van der Waals surface area contributed by atoms with Crippen molar-refractivity contribution in [1.82, 2.24) is 4.90 Å². The number of para-hydroxylation sites is 1. The number of nitrogens with zero attached hydrogens (tertiary/aromatic N) is 2. The summed E-state index contributed by atoms with van der Waals surface area (Å²) in [5.41, 5.74) is 4.07. The Morgan fingerprint density at radius 3 is 2.59 bits per heavy atom. The quantitative estimate of drug-likeness (QED) is 0.685. The summed E-state index contributed by atoms with van der Waals surface area (Å²) in [6, 6.07) is 9.79. The number of ether oxygens (including phenoxy) is 1. The number of halogens is 3. The Hall–Kier alpha value is -2.63.